The highest BCUT2D eigenvalue weighted by Crippen LogP contribution is 2.30. The minimum Gasteiger partial charge on any atom is -0.486 e. The standard InChI is InChI=1S/C18H22N4O3/c23-18-17(19-5-6-20-18)22-7-1-2-14(12-22)21-11-13-3-4-15-16(10-13)25-9-8-24-15/h3-6,10,14,21H,1-2,7-9,11-12H2,(H,20,23). The molecule has 4 rings (SSSR count). The van der Waals surface area contributed by atoms with Gasteiger partial charge in [-0.3, -0.25) is 4.79 Å². The van der Waals surface area contributed by atoms with E-state index in [1.54, 1.807) is 12.4 Å². The van der Waals surface area contributed by atoms with Crippen LogP contribution in [0.1, 0.15) is 18.4 Å². The zero-order chi connectivity index (χ0) is 17.1. The van der Waals surface area contributed by atoms with E-state index in [0.717, 1.165) is 49.5 Å². The van der Waals surface area contributed by atoms with Crippen molar-refractivity contribution in [3.8, 4) is 11.5 Å². The molecule has 0 amide bonds. The maximum Gasteiger partial charge on any atom is 0.290 e. The summed E-state index contributed by atoms with van der Waals surface area (Å²) in [5.74, 6) is 2.14. The Bertz CT molecular complexity index is 792. The molecule has 0 saturated carbocycles. The molecule has 0 spiro atoms. The second-order valence-electron chi connectivity index (χ2n) is 6.39. The molecule has 7 nitrogen and oxygen atoms in total. The maximum atomic E-state index is 11.9. The predicted molar refractivity (Wildman–Crippen MR) is 94.4 cm³/mol. The van der Waals surface area contributed by atoms with Crippen LogP contribution in [0.2, 0.25) is 0 Å². The summed E-state index contributed by atoms with van der Waals surface area (Å²) >= 11 is 0. The third-order valence-electron chi connectivity index (χ3n) is 4.61. The molecule has 0 bridgehead atoms. The summed E-state index contributed by atoms with van der Waals surface area (Å²) in [5, 5.41) is 3.59. The van der Waals surface area contributed by atoms with Gasteiger partial charge in [-0.15, -0.1) is 0 Å². The number of aromatic amines is 1. The Morgan fingerprint density at radius 3 is 3.04 bits per heavy atom. The van der Waals surface area contributed by atoms with Crippen LogP contribution in [-0.2, 0) is 6.54 Å². The van der Waals surface area contributed by atoms with Crippen LogP contribution in [0.5, 0.6) is 11.5 Å². The van der Waals surface area contributed by atoms with Gasteiger partial charge in [0.2, 0.25) is 0 Å². The highest BCUT2D eigenvalue weighted by molar-refractivity contribution is 5.43. The lowest BCUT2D eigenvalue weighted by Gasteiger charge is -2.33. The predicted octanol–water partition coefficient (Wildman–Crippen LogP) is 1.30. The number of hydrogen-bond donors (Lipinski definition) is 2. The number of fused-ring (bicyclic) bond motifs is 1. The minimum atomic E-state index is -0.130. The summed E-state index contributed by atoms with van der Waals surface area (Å²) in [6.07, 6.45) is 5.32. The first-order valence-corrected chi connectivity index (χ1v) is 8.70. The van der Waals surface area contributed by atoms with Crippen LogP contribution >= 0.6 is 0 Å². The first-order valence-electron chi connectivity index (χ1n) is 8.70. The van der Waals surface area contributed by atoms with Crippen LogP contribution in [0.25, 0.3) is 0 Å². The third kappa shape index (κ3) is 3.61. The summed E-state index contributed by atoms with van der Waals surface area (Å²) in [6, 6.07) is 6.38. The molecule has 7 heteroatoms. The molecule has 1 saturated heterocycles. The fraction of sp³-hybridized carbons (Fsp3) is 0.444. The van der Waals surface area contributed by atoms with Gasteiger partial charge >= 0.3 is 0 Å². The summed E-state index contributed by atoms with van der Waals surface area (Å²) in [5.41, 5.74) is 1.03. The Morgan fingerprint density at radius 2 is 2.16 bits per heavy atom. The molecule has 1 fully saturated rings. The summed E-state index contributed by atoms with van der Waals surface area (Å²) in [6.45, 7) is 3.61. The van der Waals surface area contributed by atoms with E-state index in [2.05, 4.69) is 26.3 Å². The number of piperidine rings is 1. The van der Waals surface area contributed by atoms with Crippen molar-refractivity contribution in [3.63, 3.8) is 0 Å². The van der Waals surface area contributed by atoms with Gasteiger partial charge < -0.3 is 24.7 Å². The Hall–Kier alpha value is -2.54. The molecular weight excluding hydrogens is 320 g/mol. The van der Waals surface area contributed by atoms with Gasteiger partial charge in [-0.1, -0.05) is 6.07 Å². The van der Waals surface area contributed by atoms with Gasteiger partial charge in [-0.25, -0.2) is 4.98 Å². The van der Waals surface area contributed by atoms with E-state index in [4.69, 9.17) is 9.47 Å². The zero-order valence-corrected chi connectivity index (χ0v) is 14.0. The number of rotatable bonds is 4. The van der Waals surface area contributed by atoms with Crippen molar-refractivity contribution < 1.29 is 9.47 Å². The maximum absolute atomic E-state index is 11.9. The number of ether oxygens (including phenoxy) is 2. The fourth-order valence-corrected chi connectivity index (χ4v) is 3.37. The number of hydrogen-bond acceptors (Lipinski definition) is 6. The topological polar surface area (TPSA) is 79.5 Å². The van der Waals surface area contributed by atoms with Gasteiger partial charge in [0, 0.05) is 38.1 Å². The third-order valence-corrected chi connectivity index (χ3v) is 4.61. The van der Waals surface area contributed by atoms with E-state index in [0.29, 0.717) is 25.1 Å². The van der Waals surface area contributed by atoms with Crippen LogP contribution in [0.4, 0.5) is 5.82 Å². The number of benzene rings is 1. The molecule has 0 radical (unpaired) electrons. The number of nitrogens with one attached hydrogen (secondary N) is 2. The quantitative estimate of drug-likeness (QED) is 0.872. The molecule has 2 N–H and O–H groups in total. The summed E-state index contributed by atoms with van der Waals surface area (Å²) in [7, 11) is 0. The van der Waals surface area contributed by atoms with Crippen molar-refractivity contribution in [1.29, 1.82) is 0 Å². The molecule has 2 aromatic rings. The van der Waals surface area contributed by atoms with Gasteiger partial charge in [-0.05, 0) is 30.5 Å². The molecule has 0 aliphatic carbocycles. The summed E-state index contributed by atoms with van der Waals surface area (Å²) in [4.78, 5) is 20.9. The highest BCUT2D eigenvalue weighted by atomic mass is 16.6. The average molecular weight is 342 g/mol. The van der Waals surface area contributed by atoms with Crippen LogP contribution in [0, 0.1) is 0 Å². The van der Waals surface area contributed by atoms with Crippen LogP contribution < -0.4 is 25.2 Å². The van der Waals surface area contributed by atoms with Gasteiger partial charge in [0.15, 0.2) is 17.3 Å². The Kier molecular flexibility index (Phi) is 4.56. The Labute approximate surface area is 146 Å². The monoisotopic (exact) mass is 342 g/mol. The lowest BCUT2D eigenvalue weighted by Crippen LogP contribution is -2.47. The Balaban J connectivity index is 1.38. The highest BCUT2D eigenvalue weighted by Gasteiger charge is 2.22. The molecule has 132 valence electrons. The zero-order valence-electron chi connectivity index (χ0n) is 14.0. The molecule has 1 aromatic carbocycles. The molecule has 1 atom stereocenters. The lowest BCUT2D eigenvalue weighted by molar-refractivity contribution is 0.171. The number of anilines is 1. The van der Waals surface area contributed by atoms with Crippen molar-refractivity contribution in [2.24, 2.45) is 0 Å². The number of H-pyrrole nitrogens is 1. The van der Waals surface area contributed by atoms with Crippen molar-refractivity contribution in [1.82, 2.24) is 15.3 Å². The van der Waals surface area contributed by atoms with Crippen LogP contribution in [0.15, 0.2) is 35.4 Å². The van der Waals surface area contributed by atoms with Gasteiger partial charge in [0.1, 0.15) is 13.2 Å². The van der Waals surface area contributed by atoms with Gasteiger partial charge in [-0.2, -0.15) is 0 Å². The van der Waals surface area contributed by atoms with Crippen LogP contribution in [-0.4, -0.2) is 42.3 Å². The van der Waals surface area contributed by atoms with Crippen molar-refractivity contribution in [2.45, 2.75) is 25.4 Å². The molecular formula is C18H22N4O3. The molecule has 3 heterocycles. The molecule has 2 aliphatic rings. The molecule has 1 aromatic heterocycles. The van der Waals surface area contributed by atoms with Crippen molar-refractivity contribution >= 4 is 5.82 Å². The van der Waals surface area contributed by atoms with E-state index in [-0.39, 0.29) is 5.56 Å². The molecule has 2 aliphatic heterocycles. The first-order chi connectivity index (χ1) is 12.3. The smallest absolute Gasteiger partial charge is 0.290 e. The Morgan fingerprint density at radius 1 is 1.28 bits per heavy atom. The first kappa shape index (κ1) is 16.0. The van der Waals surface area contributed by atoms with Gasteiger partial charge in [0.05, 0.1) is 0 Å². The van der Waals surface area contributed by atoms with E-state index in [9.17, 15) is 4.79 Å². The molecule has 25 heavy (non-hydrogen) atoms. The van der Waals surface area contributed by atoms with Crippen LogP contribution in [0.3, 0.4) is 0 Å². The van der Waals surface area contributed by atoms with E-state index in [1.165, 1.54) is 0 Å². The number of aromatic nitrogens is 2. The van der Waals surface area contributed by atoms with Crippen molar-refractivity contribution in [2.75, 3.05) is 31.2 Å². The normalized spacial score (nSPS) is 19.7. The SMILES string of the molecule is O=c1[nH]ccnc1N1CCCC(NCc2ccc3c(c2)OCCO3)C1. The lowest BCUT2D eigenvalue weighted by atomic mass is 10.1. The fourth-order valence-electron chi connectivity index (χ4n) is 3.37. The van der Waals surface area contributed by atoms with E-state index in [1.807, 2.05) is 12.1 Å². The average Bonchev–Trinajstić information content (AvgIpc) is 2.67. The van der Waals surface area contributed by atoms with E-state index < -0.39 is 0 Å². The second-order valence-corrected chi connectivity index (χ2v) is 6.39. The van der Waals surface area contributed by atoms with Gasteiger partial charge in [0.25, 0.3) is 5.56 Å². The van der Waals surface area contributed by atoms with E-state index >= 15 is 0 Å². The van der Waals surface area contributed by atoms with Crippen molar-refractivity contribution in [3.05, 3.63) is 46.5 Å². The minimum absolute atomic E-state index is 0.130. The molecule has 1 unspecified atom stereocenters. The number of nitrogens with zero attached hydrogens (tertiary/aromatic N) is 2. The summed E-state index contributed by atoms with van der Waals surface area (Å²) < 4.78 is 11.2. The largest absolute Gasteiger partial charge is 0.486 e. The second kappa shape index (κ2) is 7.14.